The van der Waals surface area contributed by atoms with Crippen molar-refractivity contribution in [3.8, 4) is 0 Å². The molecule has 1 heterocycles. The fourth-order valence-electron chi connectivity index (χ4n) is 0.625. The van der Waals surface area contributed by atoms with E-state index >= 15 is 0 Å². The summed E-state index contributed by atoms with van der Waals surface area (Å²) in [6.45, 7) is 6.94. The molecule has 0 aromatic carbocycles. The first-order chi connectivity index (χ1) is 6.71. The Morgan fingerprint density at radius 1 is 0.938 bits per heavy atom. The van der Waals surface area contributed by atoms with E-state index in [-0.39, 0.29) is 0 Å². The zero-order chi connectivity index (χ0) is 13.6. The summed E-state index contributed by atoms with van der Waals surface area (Å²) < 4.78 is 51.7. The third-order valence-electron chi connectivity index (χ3n) is 1.21. The summed E-state index contributed by atoms with van der Waals surface area (Å²) in [6.07, 6.45) is 1.43. The quantitative estimate of drug-likeness (QED) is 0.516. The highest BCUT2D eigenvalue weighted by Gasteiger charge is 2.24. The lowest BCUT2D eigenvalue weighted by Crippen LogP contribution is -2.49. The maximum atomic E-state index is 9.19. The van der Waals surface area contributed by atoms with Crippen molar-refractivity contribution in [1.29, 1.82) is 0 Å². The molecule has 16 heavy (non-hydrogen) atoms. The van der Waals surface area contributed by atoms with E-state index in [0.717, 1.165) is 0 Å². The van der Waals surface area contributed by atoms with Crippen LogP contribution in [0.25, 0.3) is 0 Å². The average molecular weight is 277 g/mol. The second kappa shape index (κ2) is 6.50. The summed E-state index contributed by atoms with van der Waals surface area (Å²) in [7, 11) is -7.33. The molecule has 0 spiro atoms. The molecule has 1 fully saturated rings. The van der Waals surface area contributed by atoms with Gasteiger partial charge in [0.1, 0.15) is 0 Å². The summed E-state index contributed by atoms with van der Waals surface area (Å²) in [5, 5.41) is 3.20. The second-order valence-electron chi connectivity index (χ2n) is 4.23. The molecule has 1 aliphatic heterocycles. The van der Waals surface area contributed by atoms with E-state index in [1.807, 2.05) is 0 Å². The zero-order valence-corrected chi connectivity index (χ0v) is 11.4. The van der Waals surface area contributed by atoms with Crippen LogP contribution in [0.3, 0.4) is 0 Å². The molecule has 0 aromatic rings. The van der Waals surface area contributed by atoms with Crippen molar-refractivity contribution in [3.63, 3.8) is 0 Å². The molecular weight excluding hydrogens is 258 g/mol. The number of hydrogen-bond acceptors (Lipinski definition) is 5. The summed E-state index contributed by atoms with van der Waals surface area (Å²) in [4.78, 5) is 0. The Hall–Kier alpha value is -0.220. The number of nitrogens with one attached hydrogen (secondary N) is 1. The van der Waals surface area contributed by atoms with Gasteiger partial charge >= 0.3 is 0 Å². The maximum Gasteiger partial charge on any atom is 0.261 e. The molecule has 3 N–H and O–H groups in total. The standard InChI is InChI=1S/C5H11N.2CH4O3S/c1-5(2)3-6-4-5;2*1-5(2,3)4/h6H,3-4H2,1-2H3;2*1H3,(H,2,3,4). The fraction of sp³-hybridized carbons (Fsp3) is 1.00. The summed E-state index contributed by atoms with van der Waals surface area (Å²) in [5.41, 5.74) is 0.611. The molecule has 100 valence electrons. The van der Waals surface area contributed by atoms with Crippen LogP contribution in [-0.4, -0.2) is 51.5 Å². The van der Waals surface area contributed by atoms with Crippen LogP contribution in [0.2, 0.25) is 0 Å². The van der Waals surface area contributed by atoms with Crippen LogP contribution >= 0.6 is 0 Å². The molecule has 9 heteroatoms. The Labute approximate surface area is 96.7 Å². The molecule has 0 bridgehead atoms. The Morgan fingerprint density at radius 3 is 1.06 bits per heavy atom. The molecule has 1 rings (SSSR count). The molecule has 7 nitrogen and oxygen atoms in total. The van der Waals surface area contributed by atoms with E-state index in [9.17, 15) is 16.8 Å². The van der Waals surface area contributed by atoms with Crippen molar-refractivity contribution in [2.45, 2.75) is 13.8 Å². The van der Waals surface area contributed by atoms with E-state index in [2.05, 4.69) is 19.2 Å². The second-order valence-corrected chi connectivity index (χ2v) is 7.17. The van der Waals surface area contributed by atoms with Gasteiger partial charge in [0.2, 0.25) is 0 Å². The van der Waals surface area contributed by atoms with Crippen LogP contribution in [0.1, 0.15) is 13.8 Å². The van der Waals surface area contributed by atoms with Gasteiger partial charge in [0.15, 0.2) is 0 Å². The minimum Gasteiger partial charge on any atom is -0.316 e. The van der Waals surface area contributed by atoms with Crippen LogP contribution in [0, 0.1) is 5.41 Å². The van der Waals surface area contributed by atoms with E-state index < -0.39 is 20.2 Å². The predicted octanol–water partition coefficient (Wildman–Crippen LogP) is -0.376. The monoisotopic (exact) mass is 277 g/mol. The van der Waals surface area contributed by atoms with E-state index in [1.165, 1.54) is 13.1 Å². The van der Waals surface area contributed by atoms with Crippen molar-refractivity contribution in [3.05, 3.63) is 0 Å². The first-order valence-electron chi connectivity index (χ1n) is 4.26. The minimum absolute atomic E-state index is 0.611. The fourth-order valence-corrected chi connectivity index (χ4v) is 0.625. The van der Waals surface area contributed by atoms with Gasteiger partial charge in [-0.15, -0.1) is 0 Å². The molecule has 0 atom stereocenters. The molecule has 1 saturated heterocycles. The van der Waals surface area contributed by atoms with Crippen LogP contribution in [-0.2, 0) is 20.2 Å². The third kappa shape index (κ3) is 37.2. The molecule has 0 unspecified atom stereocenters. The molecule has 1 aliphatic rings. The van der Waals surface area contributed by atoms with Crippen molar-refractivity contribution < 1.29 is 25.9 Å². The summed E-state index contributed by atoms with van der Waals surface area (Å²) in [6, 6.07) is 0. The van der Waals surface area contributed by atoms with Gasteiger partial charge in [-0.25, -0.2) is 0 Å². The summed E-state index contributed by atoms with van der Waals surface area (Å²) >= 11 is 0. The van der Waals surface area contributed by atoms with Gasteiger partial charge in [-0.2, -0.15) is 16.8 Å². The van der Waals surface area contributed by atoms with Crippen molar-refractivity contribution in [1.82, 2.24) is 5.32 Å². The Morgan fingerprint density at radius 2 is 1.06 bits per heavy atom. The maximum absolute atomic E-state index is 9.19. The normalized spacial score (nSPS) is 18.1. The van der Waals surface area contributed by atoms with Gasteiger partial charge < -0.3 is 5.32 Å². The highest BCUT2D eigenvalue weighted by atomic mass is 32.2. The minimum atomic E-state index is -3.67. The van der Waals surface area contributed by atoms with Crippen LogP contribution < -0.4 is 5.32 Å². The highest BCUT2D eigenvalue weighted by molar-refractivity contribution is 7.85. The molecule has 0 radical (unpaired) electrons. The van der Waals surface area contributed by atoms with Crippen LogP contribution in [0.4, 0.5) is 0 Å². The highest BCUT2D eigenvalue weighted by Crippen LogP contribution is 2.18. The summed E-state index contributed by atoms with van der Waals surface area (Å²) in [5.74, 6) is 0. The van der Waals surface area contributed by atoms with Crippen LogP contribution in [0.15, 0.2) is 0 Å². The SMILES string of the molecule is CC1(C)CNC1.CS(=O)(=O)O.CS(=O)(=O)O. The smallest absolute Gasteiger partial charge is 0.261 e. The van der Waals surface area contributed by atoms with Gasteiger partial charge in [-0.3, -0.25) is 9.11 Å². The Bertz CT molecular complexity index is 331. The Balaban J connectivity index is 0. The molecule has 0 aromatic heterocycles. The van der Waals surface area contributed by atoms with Gasteiger partial charge in [0.25, 0.3) is 20.2 Å². The first kappa shape index (κ1) is 18.2. The lowest BCUT2D eigenvalue weighted by molar-refractivity contribution is 0.226. The third-order valence-corrected chi connectivity index (χ3v) is 1.21. The van der Waals surface area contributed by atoms with Crippen molar-refractivity contribution in [2.75, 3.05) is 25.6 Å². The average Bonchev–Trinajstić information content (AvgIpc) is 1.75. The van der Waals surface area contributed by atoms with Crippen molar-refractivity contribution >= 4 is 20.2 Å². The molecule has 0 amide bonds. The molecular formula is C7H19NO6S2. The topological polar surface area (TPSA) is 121 Å². The Kier molecular flexibility index (Phi) is 7.37. The van der Waals surface area contributed by atoms with Crippen molar-refractivity contribution in [2.24, 2.45) is 5.41 Å². The van der Waals surface area contributed by atoms with Gasteiger partial charge in [-0.1, -0.05) is 13.8 Å². The van der Waals surface area contributed by atoms with Crippen LogP contribution in [0.5, 0.6) is 0 Å². The van der Waals surface area contributed by atoms with Gasteiger partial charge in [0, 0.05) is 13.1 Å². The number of rotatable bonds is 0. The van der Waals surface area contributed by atoms with E-state index in [1.54, 1.807) is 0 Å². The zero-order valence-electron chi connectivity index (χ0n) is 9.76. The largest absolute Gasteiger partial charge is 0.316 e. The van der Waals surface area contributed by atoms with E-state index in [0.29, 0.717) is 17.9 Å². The lowest BCUT2D eigenvalue weighted by atomic mass is 9.87. The lowest BCUT2D eigenvalue weighted by Gasteiger charge is -2.35. The first-order valence-corrected chi connectivity index (χ1v) is 7.96. The van der Waals surface area contributed by atoms with E-state index in [4.69, 9.17) is 9.11 Å². The molecule has 0 aliphatic carbocycles. The van der Waals surface area contributed by atoms with Gasteiger partial charge in [-0.05, 0) is 5.41 Å². The van der Waals surface area contributed by atoms with Gasteiger partial charge in [0.05, 0.1) is 12.5 Å². The molecule has 0 saturated carbocycles. The number of hydrogen-bond donors (Lipinski definition) is 3. The predicted molar refractivity (Wildman–Crippen MR) is 61.6 cm³/mol.